The van der Waals surface area contributed by atoms with E-state index in [2.05, 4.69) is 47.3 Å². The normalized spacial score (nSPS) is 14.2. The Hall–Kier alpha value is -2.10. The van der Waals surface area contributed by atoms with E-state index in [1.807, 2.05) is 38.3 Å². The fourth-order valence-corrected chi connectivity index (χ4v) is 4.20. The molecule has 2 aliphatic heterocycles. The van der Waals surface area contributed by atoms with Gasteiger partial charge in [0.1, 0.15) is 0 Å². The molecule has 2 aliphatic rings. The molecule has 2 aromatic rings. The summed E-state index contributed by atoms with van der Waals surface area (Å²) in [5.41, 5.74) is 4.90. The van der Waals surface area contributed by atoms with Gasteiger partial charge in [0.15, 0.2) is 0 Å². The van der Waals surface area contributed by atoms with Crippen LogP contribution in [0.5, 0.6) is 0 Å². The average molecular weight is 399 g/mol. The van der Waals surface area contributed by atoms with Crippen LogP contribution in [0.4, 0.5) is 0 Å². The molecule has 0 bridgehead atoms. The van der Waals surface area contributed by atoms with Crippen LogP contribution in [0.2, 0.25) is 4.34 Å². The van der Waals surface area contributed by atoms with E-state index in [-0.39, 0.29) is 0 Å². The van der Waals surface area contributed by atoms with Gasteiger partial charge in [0.2, 0.25) is 0 Å². The van der Waals surface area contributed by atoms with Crippen molar-refractivity contribution in [2.45, 2.75) is 26.8 Å². The molecule has 142 valence electrons. The van der Waals surface area contributed by atoms with E-state index in [0.717, 1.165) is 36.1 Å². The second-order valence-corrected chi connectivity index (χ2v) is 7.65. The summed E-state index contributed by atoms with van der Waals surface area (Å²) in [6.07, 6.45) is 6.93. The zero-order chi connectivity index (χ0) is 19.6. The number of allylic oxidation sites excluding steroid dienone is 2. The molecular weight excluding hydrogens is 372 g/mol. The largest absolute Gasteiger partial charge is 0.367 e. The van der Waals surface area contributed by atoms with Crippen molar-refractivity contribution >= 4 is 34.7 Å². The molecule has 0 N–H and O–H groups in total. The molecule has 0 unspecified atom stereocenters. The topological polar surface area (TPSA) is 15.6 Å². The molecule has 0 saturated carbocycles. The number of nitrogens with zero attached hydrogens (tertiary/aromatic N) is 2. The highest BCUT2D eigenvalue weighted by Crippen LogP contribution is 2.32. The molecule has 0 fully saturated rings. The van der Waals surface area contributed by atoms with Crippen LogP contribution in [0.1, 0.15) is 29.9 Å². The number of hydrogen-bond donors (Lipinski definition) is 0. The Kier molecular flexibility index (Phi) is 8.56. The molecular formula is C23H27ClN2S. The smallest absolute Gasteiger partial charge is 0.0934 e. The number of fused-ring (bicyclic) bond motifs is 1. The third-order valence-electron chi connectivity index (χ3n) is 4.25. The lowest BCUT2D eigenvalue weighted by molar-refractivity contribution is 0.338. The molecule has 0 amide bonds. The standard InChI is InChI=1S/C11H12ClNS.C10H9N.C2H6/c1-3-8(2)13-5-4-9-6-11(12)14-10(9)7-13;1-2-4-9(5-3-1)10-6-7-11-8-10;1-2/h3,6H,1-2,4-5,7H2;1-6,8H,7H2;1-2H3. The van der Waals surface area contributed by atoms with Crippen LogP contribution in [0, 0.1) is 0 Å². The van der Waals surface area contributed by atoms with Gasteiger partial charge in [0.25, 0.3) is 0 Å². The summed E-state index contributed by atoms with van der Waals surface area (Å²) < 4.78 is 0.890. The van der Waals surface area contributed by atoms with Crippen molar-refractivity contribution in [2.24, 2.45) is 4.99 Å². The minimum Gasteiger partial charge on any atom is -0.367 e. The molecule has 3 heterocycles. The number of halogens is 1. The summed E-state index contributed by atoms with van der Waals surface area (Å²) in [7, 11) is 0. The molecule has 4 rings (SSSR count). The zero-order valence-corrected chi connectivity index (χ0v) is 17.7. The molecule has 27 heavy (non-hydrogen) atoms. The van der Waals surface area contributed by atoms with Crippen molar-refractivity contribution < 1.29 is 0 Å². The van der Waals surface area contributed by atoms with Crippen molar-refractivity contribution in [1.29, 1.82) is 0 Å². The van der Waals surface area contributed by atoms with Gasteiger partial charge in [-0.1, -0.05) is 75.0 Å². The SMILES string of the molecule is C1=NCC=C1c1ccccc1.C=CC(=C)N1CCc2cc(Cl)sc2C1.CC. The van der Waals surface area contributed by atoms with Gasteiger partial charge < -0.3 is 4.90 Å². The molecule has 0 radical (unpaired) electrons. The second kappa shape index (κ2) is 10.9. The Labute approximate surface area is 172 Å². The minimum atomic E-state index is 0.838. The minimum absolute atomic E-state index is 0.838. The van der Waals surface area contributed by atoms with Gasteiger partial charge in [0, 0.05) is 23.3 Å². The summed E-state index contributed by atoms with van der Waals surface area (Å²) in [5.74, 6) is 0. The number of hydrogen-bond acceptors (Lipinski definition) is 3. The number of aliphatic imine (C=N–C) groups is 1. The van der Waals surface area contributed by atoms with E-state index >= 15 is 0 Å². The van der Waals surface area contributed by atoms with Crippen LogP contribution in [0.25, 0.3) is 5.57 Å². The van der Waals surface area contributed by atoms with Gasteiger partial charge in [-0.3, -0.25) is 4.99 Å². The Morgan fingerprint density at radius 3 is 2.63 bits per heavy atom. The summed E-state index contributed by atoms with van der Waals surface area (Å²) in [6, 6.07) is 12.4. The monoisotopic (exact) mass is 398 g/mol. The number of benzene rings is 1. The highest BCUT2D eigenvalue weighted by Gasteiger charge is 2.18. The molecule has 0 spiro atoms. The first kappa shape index (κ1) is 21.2. The maximum absolute atomic E-state index is 5.97. The summed E-state index contributed by atoms with van der Waals surface area (Å²) in [4.78, 5) is 7.73. The van der Waals surface area contributed by atoms with E-state index in [1.165, 1.54) is 21.6 Å². The summed E-state index contributed by atoms with van der Waals surface area (Å²) in [6.45, 7) is 14.5. The first-order valence-corrected chi connectivity index (χ1v) is 10.5. The number of thiophene rings is 1. The Bertz CT molecular complexity index is 818. The lowest BCUT2D eigenvalue weighted by atomic mass is 10.1. The maximum atomic E-state index is 5.97. The van der Waals surface area contributed by atoms with E-state index in [9.17, 15) is 0 Å². The van der Waals surface area contributed by atoms with Gasteiger partial charge in [-0.25, -0.2) is 0 Å². The summed E-state index contributed by atoms with van der Waals surface area (Å²) >= 11 is 7.64. The van der Waals surface area contributed by atoms with Crippen molar-refractivity contribution in [3.63, 3.8) is 0 Å². The first-order chi connectivity index (χ1) is 13.2. The fourth-order valence-electron chi connectivity index (χ4n) is 2.84. The lowest BCUT2D eigenvalue weighted by Crippen LogP contribution is -2.27. The molecule has 1 aromatic carbocycles. The summed E-state index contributed by atoms with van der Waals surface area (Å²) in [5, 5.41) is 0. The van der Waals surface area contributed by atoms with Crippen LogP contribution in [0.15, 0.2) is 72.4 Å². The molecule has 2 nitrogen and oxygen atoms in total. The molecule has 0 aliphatic carbocycles. The zero-order valence-electron chi connectivity index (χ0n) is 16.1. The van der Waals surface area contributed by atoms with Crippen LogP contribution in [-0.2, 0) is 13.0 Å². The fraction of sp³-hybridized carbons (Fsp3) is 0.261. The molecule has 4 heteroatoms. The third kappa shape index (κ3) is 5.95. The van der Waals surface area contributed by atoms with E-state index in [0.29, 0.717) is 0 Å². The van der Waals surface area contributed by atoms with E-state index in [4.69, 9.17) is 11.6 Å². The maximum Gasteiger partial charge on any atom is 0.0934 e. The van der Waals surface area contributed by atoms with Crippen molar-refractivity contribution in [3.05, 3.63) is 87.7 Å². The quantitative estimate of drug-likeness (QED) is 0.529. The van der Waals surface area contributed by atoms with Crippen molar-refractivity contribution in [1.82, 2.24) is 4.90 Å². The van der Waals surface area contributed by atoms with Crippen molar-refractivity contribution in [3.8, 4) is 0 Å². The van der Waals surface area contributed by atoms with Crippen LogP contribution < -0.4 is 0 Å². The Morgan fingerprint density at radius 1 is 1.26 bits per heavy atom. The van der Waals surface area contributed by atoms with Crippen LogP contribution in [-0.4, -0.2) is 24.2 Å². The predicted molar refractivity (Wildman–Crippen MR) is 122 cm³/mol. The Balaban J connectivity index is 0.000000181. The van der Waals surface area contributed by atoms with Crippen LogP contribution in [0.3, 0.4) is 0 Å². The highest BCUT2D eigenvalue weighted by atomic mass is 35.5. The average Bonchev–Trinajstić information content (AvgIpc) is 3.38. The Morgan fingerprint density at radius 2 is 2.00 bits per heavy atom. The lowest BCUT2D eigenvalue weighted by Gasteiger charge is -2.28. The highest BCUT2D eigenvalue weighted by molar-refractivity contribution is 7.16. The van der Waals surface area contributed by atoms with Crippen molar-refractivity contribution in [2.75, 3.05) is 13.1 Å². The van der Waals surface area contributed by atoms with Gasteiger partial charge in [-0.15, -0.1) is 11.3 Å². The number of rotatable bonds is 3. The van der Waals surface area contributed by atoms with Gasteiger partial charge in [-0.2, -0.15) is 0 Å². The van der Waals surface area contributed by atoms with E-state index < -0.39 is 0 Å². The molecule has 0 saturated heterocycles. The van der Waals surface area contributed by atoms with Gasteiger partial charge >= 0.3 is 0 Å². The van der Waals surface area contributed by atoms with E-state index in [1.54, 1.807) is 17.4 Å². The van der Waals surface area contributed by atoms with Crippen LogP contribution >= 0.6 is 22.9 Å². The van der Waals surface area contributed by atoms with Gasteiger partial charge in [0.05, 0.1) is 17.4 Å². The second-order valence-electron chi connectivity index (χ2n) is 5.89. The first-order valence-electron chi connectivity index (χ1n) is 9.26. The predicted octanol–water partition coefficient (Wildman–Crippen LogP) is 6.64. The third-order valence-corrected chi connectivity index (χ3v) is 5.54. The van der Waals surface area contributed by atoms with Gasteiger partial charge in [-0.05, 0) is 35.3 Å². The molecule has 1 aromatic heterocycles. The molecule has 0 atom stereocenters.